The van der Waals surface area contributed by atoms with Crippen molar-refractivity contribution in [3.63, 3.8) is 0 Å². The Bertz CT molecular complexity index is 1130. The molecule has 6 heteroatoms. The summed E-state index contributed by atoms with van der Waals surface area (Å²) in [6.07, 6.45) is 1.41. The van der Waals surface area contributed by atoms with Gasteiger partial charge in [-0.05, 0) is 42.0 Å². The van der Waals surface area contributed by atoms with Gasteiger partial charge in [-0.2, -0.15) is 0 Å². The van der Waals surface area contributed by atoms with Crippen molar-refractivity contribution < 1.29 is 19.1 Å². The number of nitrogens with zero attached hydrogens (tertiary/aromatic N) is 2. The predicted molar refractivity (Wildman–Crippen MR) is 131 cm³/mol. The third kappa shape index (κ3) is 4.73. The van der Waals surface area contributed by atoms with Crippen LogP contribution < -0.4 is 9.47 Å². The molecule has 0 aromatic heterocycles. The zero-order chi connectivity index (χ0) is 24.6. The van der Waals surface area contributed by atoms with E-state index in [2.05, 4.69) is 32.9 Å². The number of ketones is 1. The van der Waals surface area contributed by atoms with Crippen LogP contribution in [0.4, 0.5) is 0 Å². The Morgan fingerprint density at radius 1 is 1.03 bits per heavy atom. The molecule has 0 N–H and O–H groups in total. The summed E-state index contributed by atoms with van der Waals surface area (Å²) in [7, 11) is 5.30. The molecule has 4 rings (SSSR count). The van der Waals surface area contributed by atoms with Crippen LogP contribution in [-0.4, -0.2) is 42.9 Å². The van der Waals surface area contributed by atoms with Gasteiger partial charge in [-0.15, -0.1) is 0 Å². The summed E-state index contributed by atoms with van der Waals surface area (Å²) in [5.74, 6) is 1.06. The first-order chi connectivity index (χ1) is 16.1. The summed E-state index contributed by atoms with van der Waals surface area (Å²) in [6.45, 7) is 6.65. The maximum absolute atomic E-state index is 13.3. The van der Waals surface area contributed by atoms with Crippen LogP contribution in [0.2, 0.25) is 0 Å². The lowest BCUT2D eigenvalue weighted by Crippen LogP contribution is -2.49. The zero-order valence-corrected chi connectivity index (χ0v) is 21.0. The molecule has 0 fully saturated rings. The number of aryl methyl sites for hydroxylation is 1. The van der Waals surface area contributed by atoms with Crippen molar-refractivity contribution in [2.24, 2.45) is 5.41 Å². The molecule has 1 aliphatic carbocycles. The third-order valence-electron chi connectivity index (χ3n) is 6.62. The maximum atomic E-state index is 13.3. The normalized spacial score (nSPS) is 20.0. The van der Waals surface area contributed by atoms with Gasteiger partial charge in [0.15, 0.2) is 17.3 Å². The van der Waals surface area contributed by atoms with Crippen molar-refractivity contribution in [2.45, 2.75) is 52.6 Å². The van der Waals surface area contributed by atoms with Gasteiger partial charge in [-0.25, -0.2) is 10.0 Å². The summed E-state index contributed by atoms with van der Waals surface area (Å²) in [4.78, 5) is 26.5. The maximum Gasteiger partial charge on any atom is 0.242 e. The highest BCUT2D eigenvalue weighted by Crippen LogP contribution is 2.48. The number of Topliss-reactive ketones (excluding diaryl/α,β-unsaturated/α-hetero) is 1. The first-order valence-electron chi connectivity index (χ1n) is 11.7. The van der Waals surface area contributed by atoms with Crippen molar-refractivity contribution in [2.75, 3.05) is 21.2 Å². The lowest BCUT2D eigenvalue weighted by atomic mass is 9.69. The van der Waals surface area contributed by atoms with E-state index >= 15 is 0 Å². The average Bonchev–Trinajstić information content (AvgIpc) is 2.76. The molecule has 34 heavy (non-hydrogen) atoms. The standard InChI is InChI=1S/C28H34N2O4/c1-18-7-9-19(10-8-18)17-34-24-12-11-20(13-25(24)33-6)21-14-26(32)30(29(4)5)22-15-28(2,3)16-23(31)27(21)22/h7-13,21H,14-17H2,1-6H3. The second-order valence-corrected chi connectivity index (χ2v) is 10.3. The van der Waals surface area contributed by atoms with Crippen LogP contribution in [-0.2, 0) is 16.2 Å². The first kappa shape index (κ1) is 24.0. The molecule has 1 aliphatic heterocycles. The Kier molecular flexibility index (Phi) is 6.54. The van der Waals surface area contributed by atoms with Gasteiger partial charge in [0.2, 0.25) is 5.91 Å². The van der Waals surface area contributed by atoms with Crippen molar-refractivity contribution in [3.8, 4) is 11.5 Å². The highest BCUT2D eigenvalue weighted by atomic mass is 16.5. The van der Waals surface area contributed by atoms with Crippen molar-refractivity contribution >= 4 is 11.7 Å². The molecule has 0 radical (unpaired) electrons. The minimum absolute atomic E-state index is 0.00193. The van der Waals surface area contributed by atoms with Gasteiger partial charge < -0.3 is 9.47 Å². The largest absolute Gasteiger partial charge is 0.493 e. The number of carbonyl (C=O) groups excluding carboxylic acids is 2. The molecule has 1 heterocycles. The number of benzene rings is 2. The van der Waals surface area contributed by atoms with E-state index in [0.29, 0.717) is 30.9 Å². The molecule has 2 aliphatic rings. The fourth-order valence-corrected chi connectivity index (χ4v) is 5.01. The molecule has 1 unspecified atom stereocenters. The second kappa shape index (κ2) is 9.26. The van der Waals surface area contributed by atoms with Gasteiger partial charge >= 0.3 is 0 Å². The number of methoxy groups -OCH3 is 1. The van der Waals surface area contributed by atoms with Gasteiger partial charge in [0.25, 0.3) is 0 Å². The van der Waals surface area contributed by atoms with Crippen molar-refractivity contribution in [3.05, 3.63) is 70.4 Å². The molecule has 0 saturated heterocycles. The average molecular weight is 463 g/mol. The zero-order valence-electron chi connectivity index (χ0n) is 21.0. The number of carbonyl (C=O) groups is 2. The van der Waals surface area contributed by atoms with Crippen LogP contribution in [0.15, 0.2) is 53.7 Å². The van der Waals surface area contributed by atoms with Gasteiger partial charge in [0.1, 0.15) is 6.61 Å². The van der Waals surface area contributed by atoms with E-state index in [1.54, 1.807) is 17.1 Å². The van der Waals surface area contributed by atoms with E-state index in [1.165, 1.54) is 5.56 Å². The topological polar surface area (TPSA) is 59.1 Å². The molecular weight excluding hydrogens is 428 g/mol. The molecule has 0 saturated carbocycles. The highest BCUT2D eigenvalue weighted by molar-refractivity contribution is 6.02. The van der Waals surface area contributed by atoms with Gasteiger partial charge in [-0.3, -0.25) is 9.59 Å². The predicted octanol–water partition coefficient (Wildman–Crippen LogP) is 5.02. The van der Waals surface area contributed by atoms with Gasteiger partial charge in [0.05, 0.1) is 7.11 Å². The molecule has 180 valence electrons. The number of hydrazine groups is 1. The Balaban J connectivity index is 1.67. The molecule has 1 atom stereocenters. The van der Waals surface area contributed by atoms with E-state index in [1.807, 2.05) is 44.4 Å². The minimum Gasteiger partial charge on any atom is -0.493 e. The van der Waals surface area contributed by atoms with E-state index < -0.39 is 0 Å². The van der Waals surface area contributed by atoms with E-state index in [0.717, 1.165) is 22.4 Å². The molecule has 0 bridgehead atoms. The van der Waals surface area contributed by atoms with E-state index in [-0.39, 0.29) is 29.4 Å². The number of rotatable bonds is 6. The second-order valence-electron chi connectivity index (χ2n) is 10.3. The van der Waals surface area contributed by atoms with Gasteiger partial charge in [-0.1, -0.05) is 49.7 Å². The molecule has 2 aromatic rings. The van der Waals surface area contributed by atoms with E-state index in [4.69, 9.17) is 9.47 Å². The van der Waals surface area contributed by atoms with Crippen LogP contribution in [0.1, 0.15) is 55.7 Å². The summed E-state index contributed by atoms with van der Waals surface area (Å²) < 4.78 is 11.7. The number of allylic oxidation sites excluding steroid dienone is 2. The fourth-order valence-electron chi connectivity index (χ4n) is 5.01. The van der Waals surface area contributed by atoms with Crippen LogP contribution in [0, 0.1) is 12.3 Å². The SMILES string of the molecule is COc1cc(C2CC(=O)N(N(C)C)C3=C2C(=O)CC(C)(C)C3)ccc1OCc1ccc(C)cc1. The number of amides is 1. The van der Waals surface area contributed by atoms with Crippen molar-refractivity contribution in [1.82, 2.24) is 10.0 Å². The van der Waals surface area contributed by atoms with Crippen molar-refractivity contribution in [1.29, 1.82) is 0 Å². The lowest BCUT2D eigenvalue weighted by Gasteiger charge is -2.44. The van der Waals surface area contributed by atoms with Crippen LogP contribution in [0.25, 0.3) is 0 Å². The quantitative estimate of drug-likeness (QED) is 0.603. The number of ether oxygens (including phenoxy) is 2. The van der Waals surface area contributed by atoms with Gasteiger partial charge in [0, 0.05) is 44.1 Å². The highest BCUT2D eigenvalue weighted by Gasteiger charge is 2.44. The van der Waals surface area contributed by atoms with Crippen LogP contribution in [0.3, 0.4) is 0 Å². The number of hydrogen-bond acceptors (Lipinski definition) is 5. The minimum atomic E-state index is -0.289. The Morgan fingerprint density at radius 3 is 2.38 bits per heavy atom. The Morgan fingerprint density at radius 2 is 1.74 bits per heavy atom. The fraction of sp³-hybridized carbons (Fsp3) is 0.429. The Hall–Kier alpha value is -3.12. The first-order valence-corrected chi connectivity index (χ1v) is 11.7. The number of hydrogen-bond donors (Lipinski definition) is 0. The molecular formula is C28H34N2O4. The smallest absolute Gasteiger partial charge is 0.242 e. The lowest BCUT2D eigenvalue weighted by molar-refractivity contribution is -0.143. The molecule has 1 amide bonds. The van der Waals surface area contributed by atoms with Crippen LogP contribution in [0.5, 0.6) is 11.5 Å². The molecule has 2 aromatic carbocycles. The third-order valence-corrected chi connectivity index (χ3v) is 6.62. The van der Waals surface area contributed by atoms with Crippen LogP contribution >= 0.6 is 0 Å². The van der Waals surface area contributed by atoms with E-state index in [9.17, 15) is 9.59 Å². The molecule has 0 spiro atoms. The Labute approximate surface area is 202 Å². The summed E-state index contributed by atoms with van der Waals surface area (Å²) >= 11 is 0. The monoisotopic (exact) mass is 462 g/mol. The summed E-state index contributed by atoms with van der Waals surface area (Å²) in [5, 5.41) is 3.46. The molecule has 6 nitrogen and oxygen atoms in total. The summed E-state index contributed by atoms with van der Waals surface area (Å²) in [6, 6.07) is 13.9. The summed E-state index contributed by atoms with van der Waals surface area (Å²) in [5.41, 5.74) is 4.57.